The molecule has 1 fully saturated rings. The van der Waals surface area contributed by atoms with Gasteiger partial charge in [-0.1, -0.05) is 13.3 Å². The predicted molar refractivity (Wildman–Crippen MR) is 66.1 cm³/mol. The predicted octanol–water partition coefficient (Wildman–Crippen LogP) is 3.09. The van der Waals surface area contributed by atoms with Gasteiger partial charge in [-0.2, -0.15) is 0 Å². The first-order valence-corrected chi connectivity index (χ1v) is 6.32. The van der Waals surface area contributed by atoms with Crippen molar-refractivity contribution in [2.24, 2.45) is 0 Å². The molecule has 1 saturated heterocycles. The molecule has 1 aliphatic heterocycles. The minimum atomic E-state index is -0.528. The molecule has 0 aromatic heterocycles. The van der Waals surface area contributed by atoms with Crippen LogP contribution in [-0.4, -0.2) is 19.8 Å². The van der Waals surface area contributed by atoms with E-state index >= 15 is 0 Å². The Morgan fingerprint density at radius 3 is 2.29 bits per heavy atom. The Kier molecular flexibility index (Phi) is 4.02. The average Bonchev–Trinajstić information content (AvgIpc) is 2.81. The van der Waals surface area contributed by atoms with Gasteiger partial charge in [-0.3, -0.25) is 0 Å². The van der Waals surface area contributed by atoms with Gasteiger partial charge in [0, 0.05) is 12.0 Å². The van der Waals surface area contributed by atoms with Gasteiger partial charge in [0.1, 0.15) is 5.75 Å². The van der Waals surface area contributed by atoms with Crippen molar-refractivity contribution in [2.75, 3.05) is 19.8 Å². The van der Waals surface area contributed by atoms with Crippen LogP contribution >= 0.6 is 0 Å². The van der Waals surface area contributed by atoms with Gasteiger partial charge in [-0.05, 0) is 31.2 Å². The molecular formula is C14H20O3. The maximum absolute atomic E-state index is 5.80. The van der Waals surface area contributed by atoms with Crippen molar-refractivity contribution < 1.29 is 14.2 Å². The second-order valence-electron chi connectivity index (χ2n) is 4.16. The monoisotopic (exact) mass is 236 g/mol. The molecule has 0 amide bonds. The molecule has 3 nitrogen and oxygen atoms in total. The van der Waals surface area contributed by atoms with E-state index in [1.165, 1.54) is 0 Å². The van der Waals surface area contributed by atoms with Crippen molar-refractivity contribution >= 4 is 0 Å². The molecule has 0 atom stereocenters. The number of hydrogen-bond acceptors (Lipinski definition) is 3. The van der Waals surface area contributed by atoms with E-state index in [0.29, 0.717) is 19.8 Å². The topological polar surface area (TPSA) is 27.7 Å². The average molecular weight is 236 g/mol. The van der Waals surface area contributed by atoms with Crippen LogP contribution in [0.3, 0.4) is 0 Å². The van der Waals surface area contributed by atoms with E-state index in [1.54, 1.807) is 0 Å². The van der Waals surface area contributed by atoms with Gasteiger partial charge >= 0.3 is 0 Å². The lowest BCUT2D eigenvalue weighted by molar-refractivity contribution is -0.170. The van der Waals surface area contributed by atoms with E-state index in [-0.39, 0.29) is 0 Å². The number of benzene rings is 1. The lowest BCUT2D eigenvalue weighted by Gasteiger charge is -2.27. The van der Waals surface area contributed by atoms with E-state index in [4.69, 9.17) is 14.2 Å². The van der Waals surface area contributed by atoms with Crippen LogP contribution in [0, 0.1) is 0 Å². The second kappa shape index (κ2) is 5.52. The van der Waals surface area contributed by atoms with Gasteiger partial charge in [-0.15, -0.1) is 0 Å². The highest BCUT2D eigenvalue weighted by Gasteiger charge is 2.37. The Hall–Kier alpha value is -1.06. The van der Waals surface area contributed by atoms with Crippen molar-refractivity contribution in [1.29, 1.82) is 0 Å². The molecule has 0 saturated carbocycles. The SMILES string of the molecule is CCCC1(c2ccc(OCC)cc2)OCCO1. The van der Waals surface area contributed by atoms with Crippen molar-refractivity contribution in [3.05, 3.63) is 29.8 Å². The van der Waals surface area contributed by atoms with Gasteiger partial charge < -0.3 is 14.2 Å². The number of hydrogen-bond donors (Lipinski definition) is 0. The Balaban J connectivity index is 2.18. The second-order valence-corrected chi connectivity index (χ2v) is 4.16. The summed E-state index contributed by atoms with van der Waals surface area (Å²) in [5, 5.41) is 0. The Morgan fingerprint density at radius 2 is 1.76 bits per heavy atom. The van der Waals surface area contributed by atoms with Crippen LogP contribution in [0.15, 0.2) is 24.3 Å². The van der Waals surface area contributed by atoms with Crippen LogP contribution in [0.4, 0.5) is 0 Å². The molecule has 1 aromatic rings. The molecule has 17 heavy (non-hydrogen) atoms. The maximum atomic E-state index is 5.80. The summed E-state index contributed by atoms with van der Waals surface area (Å²) < 4.78 is 17.0. The third-order valence-electron chi connectivity index (χ3n) is 2.94. The van der Waals surface area contributed by atoms with E-state index in [0.717, 1.165) is 24.2 Å². The summed E-state index contributed by atoms with van der Waals surface area (Å²) in [4.78, 5) is 0. The highest BCUT2D eigenvalue weighted by molar-refractivity contribution is 5.30. The van der Waals surface area contributed by atoms with Gasteiger partial charge in [0.25, 0.3) is 0 Å². The van der Waals surface area contributed by atoms with Crippen molar-refractivity contribution in [2.45, 2.75) is 32.5 Å². The summed E-state index contributed by atoms with van der Waals surface area (Å²) in [6.07, 6.45) is 1.92. The summed E-state index contributed by atoms with van der Waals surface area (Å²) in [6.45, 7) is 6.16. The molecule has 94 valence electrons. The first-order valence-electron chi connectivity index (χ1n) is 6.32. The van der Waals surface area contributed by atoms with Crippen LogP contribution in [-0.2, 0) is 15.3 Å². The molecule has 0 radical (unpaired) electrons. The smallest absolute Gasteiger partial charge is 0.194 e. The summed E-state index contributed by atoms with van der Waals surface area (Å²) in [6, 6.07) is 8.01. The van der Waals surface area contributed by atoms with Gasteiger partial charge in [-0.25, -0.2) is 0 Å². The summed E-state index contributed by atoms with van der Waals surface area (Å²) in [5.41, 5.74) is 1.08. The Labute approximate surface area is 103 Å². The summed E-state index contributed by atoms with van der Waals surface area (Å²) in [5.74, 6) is 0.361. The zero-order chi connectivity index (χ0) is 12.1. The number of rotatable bonds is 5. The highest BCUT2D eigenvalue weighted by Crippen LogP contribution is 2.36. The standard InChI is InChI=1S/C14H20O3/c1-3-9-14(16-10-11-17-14)12-5-7-13(8-6-12)15-4-2/h5-8H,3-4,9-11H2,1-2H3. The first kappa shape index (κ1) is 12.4. The third-order valence-corrected chi connectivity index (χ3v) is 2.94. The fourth-order valence-electron chi connectivity index (χ4n) is 2.21. The van der Waals surface area contributed by atoms with Crippen LogP contribution in [0.1, 0.15) is 32.3 Å². The van der Waals surface area contributed by atoms with Crippen molar-refractivity contribution in [1.82, 2.24) is 0 Å². The quantitative estimate of drug-likeness (QED) is 0.786. The largest absolute Gasteiger partial charge is 0.494 e. The highest BCUT2D eigenvalue weighted by atomic mass is 16.7. The lowest BCUT2D eigenvalue weighted by Crippen LogP contribution is -2.26. The van der Waals surface area contributed by atoms with Gasteiger partial charge in [0.15, 0.2) is 5.79 Å². The fraction of sp³-hybridized carbons (Fsp3) is 0.571. The Bertz CT molecular complexity index is 339. The van der Waals surface area contributed by atoms with Crippen LogP contribution in [0.5, 0.6) is 5.75 Å². The molecule has 0 spiro atoms. The molecule has 0 N–H and O–H groups in total. The molecular weight excluding hydrogens is 216 g/mol. The first-order chi connectivity index (χ1) is 8.30. The minimum absolute atomic E-state index is 0.528. The normalized spacial score (nSPS) is 18.2. The van der Waals surface area contributed by atoms with Crippen molar-refractivity contribution in [3.63, 3.8) is 0 Å². The summed E-state index contributed by atoms with van der Waals surface area (Å²) in [7, 11) is 0. The molecule has 1 aliphatic rings. The van der Waals surface area contributed by atoms with E-state index in [9.17, 15) is 0 Å². The van der Waals surface area contributed by atoms with Crippen LogP contribution in [0.25, 0.3) is 0 Å². The van der Waals surface area contributed by atoms with Gasteiger partial charge in [0.2, 0.25) is 0 Å². The maximum Gasteiger partial charge on any atom is 0.194 e. The Morgan fingerprint density at radius 1 is 1.12 bits per heavy atom. The van der Waals surface area contributed by atoms with Gasteiger partial charge in [0.05, 0.1) is 19.8 Å². The fourth-order valence-corrected chi connectivity index (χ4v) is 2.21. The van der Waals surface area contributed by atoms with Crippen LogP contribution in [0.2, 0.25) is 0 Å². The molecule has 2 rings (SSSR count). The third kappa shape index (κ3) is 2.61. The molecule has 0 bridgehead atoms. The lowest BCUT2D eigenvalue weighted by atomic mass is 10.0. The van der Waals surface area contributed by atoms with E-state index in [1.807, 2.05) is 31.2 Å². The number of ether oxygens (including phenoxy) is 3. The van der Waals surface area contributed by atoms with Crippen molar-refractivity contribution in [3.8, 4) is 5.75 Å². The summed E-state index contributed by atoms with van der Waals surface area (Å²) >= 11 is 0. The molecule has 1 aromatic carbocycles. The zero-order valence-electron chi connectivity index (χ0n) is 10.6. The molecule has 3 heteroatoms. The molecule has 0 unspecified atom stereocenters. The zero-order valence-corrected chi connectivity index (χ0v) is 10.6. The molecule has 0 aliphatic carbocycles. The van der Waals surface area contributed by atoms with E-state index in [2.05, 4.69) is 6.92 Å². The minimum Gasteiger partial charge on any atom is -0.494 e. The van der Waals surface area contributed by atoms with Crippen LogP contribution < -0.4 is 4.74 Å². The van der Waals surface area contributed by atoms with E-state index < -0.39 is 5.79 Å². The molecule has 1 heterocycles.